The lowest BCUT2D eigenvalue weighted by Crippen LogP contribution is -2.47. The van der Waals surface area contributed by atoms with Crippen molar-refractivity contribution in [3.8, 4) is 5.75 Å². The number of carbonyl (C=O) groups is 2. The zero-order chi connectivity index (χ0) is 15.3. The second-order valence-electron chi connectivity index (χ2n) is 5.63. The van der Waals surface area contributed by atoms with Crippen LogP contribution in [0.1, 0.15) is 49.9 Å². The van der Waals surface area contributed by atoms with E-state index in [0.29, 0.717) is 12.2 Å². The Hall–Kier alpha value is -2.04. The van der Waals surface area contributed by atoms with E-state index in [9.17, 15) is 9.59 Å². The van der Waals surface area contributed by atoms with E-state index in [4.69, 9.17) is 4.74 Å². The topological polar surface area (TPSA) is 67.4 Å². The van der Waals surface area contributed by atoms with E-state index in [2.05, 4.69) is 10.9 Å². The second-order valence-corrected chi connectivity index (χ2v) is 5.63. The van der Waals surface area contributed by atoms with Crippen molar-refractivity contribution >= 4 is 11.8 Å². The maximum Gasteiger partial charge on any atom is 0.269 e. The number of benzene rings is 1. The minimum Gasteiger partial charge on any atom is -0.494 e. The summed E-state index contributed by atoms with van der Waals surface area (Å²) in [6.07, 6.45) is 3.88. The Labute approximate surface area is 125 Å². The smallest absolute Gasteiger partial charge is 0.269 e. The number of amides is 2. The third-order valence-corrected chi connectivity index (χ3v) is 3.97. The summed E-state index contributed by atoms with van der Waals surface area (Å²) in [7, 11) is 0. The predicted molar refractivity (Wildman–Crippen MR) is 79.8 cm³/mol. The van der Waals surface area contributed by atoms with Crippen LogP contribution < -0.4 is 15.6 Å². The van der Waals surface area contributed by atoms with Gasteiger partial charge in [-0.3, -0.25) is 20.4 Å². The summed E-state index contributed by atoms with van der Waals surface area (Å²) in [5.74, 6) is 0.281. The third kappa shape index (κ3) is 3.74. The van der Waals surface area contributed by atoms with Crippen LogP contribution in [0.25, 0.3) is 0 Å². The lowest BCUT2D eigenvalue weighted by atomic mass is 9.88. The van der Waals surface area contributed by atoms with Crippen LogP contribution in [-0.2, 0) is 4.79 Å². The Morgan fingerprint density at radius 1 is 1.14 bits per heavy atom. The first-order valence-electron chi connectivity index (χ1n) is 7.39. The number of hydrogen-bond donors (Lipinski definition) is 2. The molecule has 1 saturated carbocycles. The Bertz CT molecular complexity index is 505. The molecule has 0 saturated heterocycles. The van der Waals surface area contributed by atoms with Crippen LogP contribution in [0.5, 0.6) is 5.75 Å². The highest BCUT2D eigenvalue weighted by Crippen LogP contribution is 2.37. The van der Waals surface area contributed by atoms with Crippen LogP contribution in [0.3, 0.4) is 0 Å². The molecule has 0 bridgehead atoms. The van der Waals surface area contributed by atoms with Crippen LogP contribution in [0, 0.1) is 5.41 Å². The molecule has 0 spiro atoms. The van der Waals surface area contributed by atoms with Crippen molar-refractivity contribution in [3.05, 3.63) is 29.8 Å². The molecule has 21 heavy (non-hydrogen) atoms. The fourth-order valence-corrected chi connectivity index (χ4v) is 2.59. The van der Waals surface area contributed by atoms with E-state index < -0.39 is 0 Å². The summed E-state index contributed by atoms with van der Waals surface area (Å²) in [6, 6.07) is 6.81. The third-order valence-electron chi connectivity index (χ3n) is 3.97. The highest BCUT2D eigenvalue weighted by molar-refractivity contribution is 5.96. The number of ether oxygens (including phenoxy) is 1. The van der Waals surface area contributed by atoms with Crippen LogP contribution in [0.4, 0.5) is 0 Å². The van der Waals surface area contributed by atoms with Crippen molar-refractivity contribution in [1.29, 1.82) is 0 Å². The molecule has 0 heterocycles. The number of hydrazine groups is 1. The van der Waals surface area contributed by atoms with Crippen LogP contribution in [0.15, 0.2) is 24.3 Å². The summed E-state index contributed by atoms with van der Waals surface area (Å²) < 4.78 is 5.32. The van der Waals surface area contributed by atoms with Gasteiger partial charge in [0.05, 0.1) is 6.61 Å². The maximum atomic E-state index is 12.1. The van der Waals surface area contributed by atoms with Gasteiger partial charge in [0.1, 0.15) is 5.75 Å². The molecule has 2 rings (SSSR count). The number of rotatable bonds is 4. The van der Waals surface area contributed by atoms with Gasteiger partial charge in [-0.15, -0.1) is 0 Å². The summed E-state index contributed by atoms with van der Waals surface area (Å²) in [5, 5.41) is 0. The van der Waals surface area contributed by atoms with E-state index in [0.717, 1.165) is 31.4 Å². The van der Waals surface area contributed by atoms with Gasteiger partial charge >= 0.3 is 0 Å². The van der Waals surface area contributed by atoms with Gasteiger partial charge in [0.15, 0.2) is 0 Å². The molecule has 114 valence electrons. The van der Waals surface area contributed by atoms with E-state index in [-0.39, 0.29) is 17.2 Å². The Morgan fingerprint density at radius 3 is 2.33 bits per heavy atom. The normalized spacial score (nSPS) is 16.3. The lowest BCUT2D eigenvalue weighted by Gasteiger charge is -2.22. The first kappa shape index (κ1) is 15.4. The van der Waals surface area contributed by atoms with Crippen molar-refractivity contribution in [2.45, 2.75) is 39.5 Å². The molecule has 2 amide bonds. The van der Waals surface area contributed by atoms with Gasteiger partial charge in [0.25, 0.3) is 5.91 Å². The summed E-state index contributed by atoms with van der Waals surface area (Å²) in [6.45, 7) is 4.43. The van der Waals surface area contributed by atoms with Crippen molar-refractivity contribution in [1.82, 2.24) is 10.9 Å². The molecule has 0 unspecified atom stereocenters. The standard InChI is InChI=1S/C16H22N2O3/c1-3-21-13-8-6-12(7-9-13)14(19)17-18-15(20)16(2)10-4-5-11-16/h6-9H,3-5,10-11H2,1-2H3,(H,17,19)(H,18,20). The lowest BCUT2D eigenvalue weighted by molar-refractivity contribution is -0.130. The minimum absolute atomic E-state index is 0.112. The fourth-order valence-electron chi connectivity index (χ4n) is 2.59. The van der Waals surface area contributed by atoms with Crippen LogP contribution in [-0.4, -0.2) is 18.4 Å². The first-order chi connectivity index (χ1) is 10.0. The van der Waals surface area contributed by atoms with Crippen LogP contribution >= 0.6 is 0 Å². The van der Waals surface area contributed by atoms with E-state index >= 15 is 0 Å². The van der Waals surface area contributed by atoms with Crippen molar-refractivity contribution in [2.24, 2.45) is 5.41 Å². The average Bonchev–Trinajstić information content (AvgIpc) is 2.93. The van der Waals surface area contributed by atoms with Crippen molar-refractivity contribution < 1.29 is 14.3 Å². The fraction of sp³-hybridized carbons (Fsp3) is 0.500. The Balaban J connectivity index is 1.88. The predicted octanol–water partition coefficient (Wildman–Crippen LogP) is 2.43. The molecule has 0 atom stereocenters. The van der Waals surface area contributed by atoms with Crippen LogP contribution in [0.2, 0.25) is 0 Å². The molecule has 1 aromatic carbocycles. The molecular formula is C16H22N2O3. The number of hydrogen-bond acceptors (Lipinski definition) is 3. The first-order valence-corrected chi connectivity index (χ1v) is 7.39. The van der Waals surface area contributed by atoms with Gasteiger partial charge in [-0.1, -0.05) is 19.8 Å². The monoisotopic (exact) mass is 290 g/mol. The molecule has 0 aliphatic heterocycles. The van der Waals surface area contributed by atoms with Gasteiger partial charge < -0.3 is 4.74 Å². The molecule has 1 aliphatic rings. The molecule has 2 N–H and O–H groups in total. The number of carbonyl (C=O) groups excluding carboxylic acids is 2. The quantitative estimate of drug-likeness (QED) is 0.837. The average molecular weight is 290 g/mol. The largest absolute Gasteiger partial charge is 0.494 e. The minimum atomic E-state index is -0.355. The summed E-state index contributed by atoms with van der Waals surface area (Å²) >= 11 is 0. The molecule has 1 aromatic rings. The van der Waals surface area contributed by atoms with E-state index in [1.54, 1.807) is 24.3 Å². The maximum absolute atomic E-state index is 12.1. The second kappa shape index (κ2) is 6.61. The molecule has 1 fully saturated rings. The Kier molecular flexibility index (Phi) is 4.83. The highest BCUT2D eigenvalue weighted by Gasteiger charge is 2.36. The van der Waals surface area contributed by atoms with E-state index in [1.807, 2.05) is 13.8 Å². The molecule has 0 aromatic heterocycles. The van der Waals surface area contributed by atoms with Gasteiger partial charge in [0.2, 0.25) is 5.91 Å². The zero-order valence-electron chi connectivity index (χ0n) is 12.6. The molecule has 5 nitrogen and oxygen atoms in total. The molecule has 1 aliphatic carbocycles. The summed E-state index contributed by atoms with van der Waals surface area (Å²) in [5.41, 5.74) is 5.13. The van der Waals surface area contributed by atoms with Gasteiger partial charge in [0, 0.05) is 11.0 Å². The number of nitrogens with one attached hydrogen (secondary N) is 2. The van der Waals surface area contributed by atoms with E-state index in [1.165, 1.54) is 0 Å². The van der Waals surface area contributed by atoms with Crippen molar-refractivity contribution in [2.75, 3.05) is 6.61 Å². The van der Waals surface area contributed by atoms with Gasteiger partial charge in [-0.25, -0.2) is 0 Å². The Morgan fingerprint density at radius 2 is 1.76 bits per heavy atom. The van der Waals surface area contributed by atoms with Gasteiger partial charge in [-0.05, 0) is 44.0 Å². The SMILES string of the molecule is CCOc1ccc(C(=O)NNC(=O)C2(C)CCCC2)cc1. The van der Waals surface area contributed by atoms with Crippen molar-refractivity contribution in [3.63, 3.8) is 0 Å². The molecule has 5 heteroatoms. The zero-order valence-corrected chi connectivity index (χ0v) is 12.6. The highest BCUT2D eigenvalue weighted by atomic mass is 16.5. The summed E-state index contributed by atoms with van der Waals surface area (Å²) in [4.78, 5) is 24.1. The molecule has 0 radical (unpaired) electrons. The van der Waals surface area contributed by atoms with Gasteiger partial charge in [-0.2, -0.15) is 0 Å². The molecular weight excluding hydrogens is 268 g/mol.